The third-order valence-corrected chi connectivity index (χ3v) is 2.21. The molecule has 0 aromatic heterocycles. The van der Waals surface area contributed by atoms with Gasteiger partial charge in [-0.3, -0.25) is 4.79 Å². The van der Waals surface area contributed by atoms with Crippen molar-refractivity contribution in [3.05, 3.63) is 12.7 Å². The first kappa shape index (κ1) is 13.2. The van der Waals surface area contributed by atoms with Crippen molar-refractivity contribution in [2.75, 3.05) is 13.2 Å². The second-order valence-electron chi connectivity index (χ2n) is 3.64. The zero-order valence-corrected chi connectivity index (χ0v) is 9.51. The predicted octanol–water partition coefficient (Wildman–Crippen LogP) is 0.210. The molecule has 0 radical (unpaired) electrons. The lowest BCUT2D eigenvalue weighted by Gasteiger charge is -2.11. The highest BCUT2D eigenvalue weighted by molar-refractivity contribution is 5.82. The van der Waals surface area contributed by atoms with Gasteiger partial charge in [0.05, 0.1) is 13.0 Å². The molecule has 1 aliphatic rings. The summed E-state index contributed by atoms with van der Waals surface area (Å²) >= 11 is 0. The summed E-state index contributed by atoms with van der Waals surface area (Å²) < 4.78 is 14.3. The van der Waals surface area contributed by atoms with Crippen LogP contribution in [0.25, 0.3) is 0 Å². The smallest absolute Gasteiger partial charge is 0.347 e. The molecule has 0 spiro atoms. The van der Waals surface area contributed by atoms with Gasteiger partial charge >= 0.3 is 17.9 Å². The minimum absolute atomic E-state index is 0.0974. The van der Waals surface area contributed by atoms with Gasteiger partial charge in [0.2, 0.25) is 6.10 Å². The number of carbonyl (C=O) groups is 3. The van der Waals surface area contributed by atoms with Crippen molar-refractivity contribution in [2.45, 2.75) is 19.4 Å². The van der Waals surface area contributed by atoms with Crippen LogP contribution in [-0.2, 0) is 28.6 Å². The molecule has 6 nitrogen and oxygen atoms in total. The van der Waals surface area contributed by atoms with Crippen LogP contribution in [0.3, 0.4) is 0 Å². The van der Waals surface area contributed by atoms with Crippen molar-refractivity contribution in [1.29, 1.82) is 0 Å². The molecule has 0 aromatic rings. The fraction of sp³-hybridized carbons (Fsp3) is 0.545. The van der Waals surface area contributed by atoms with E-state index in [9.17, 15) is 14.4 Å². The van der Waals surface area contributed by atoms with Gasteiger partial charge in [0, 0.05) is 12.0 Å². The summed E-state index contributed by atoms with van der Waals surface area (Å²) in [7, 11) is 0. The Morgan fingerprint density at radius 1 is 1.59 bits per heavy atom. The lowest BCUT2D eigenvalue weighted by atomic mass is 10.1. The minimum Gasteiger partial charge on any atom is -0.462 e. The molecule has 0 bridgehead atoms. The average molecular weight is 242 g/mol. The summed E-state index contributed by atoms with van der Waals surface area (Å²) in [6.45, 7) is 5.11. The molecule has 0 aromatic carbocycles. The van der Waals surface area contributed by atoms with Gasteiger partial charge < -0.3 is 14.2 Å². The Kier molecular flexibility index (Phi) is 4.68. The van der Waals surface area contributed by atoms with Crippen molar-refractivity contribution in [3.63, 3.8) is 0 Å². The Labute approximate surface area is 98.5 Å². The van der Waals surface area contributed by atoms with Crippen LogP contribution in [-0.4, -0.2) is 37.2 Å². The second kappa shape index (κ2) is 6.03. The number of cyclic esters (lactones) is 1. The fourth-order valence-corrected chi connectivity index (χ4v) is 1.27. The molecule has 0 saturated carbocycles. The maximum atomic E-state index is 11.3. The standard InChI is InChI=1S/C11H14O6/c1-3-8(12)15-5-4-9(13)17-10-7(2)6-16-11(10)14/h3,7,10H,1,4-6H2,2H3. The highest BCUT2D eigenvalue weighted by atomic mass is 16.6. The highest BCUT2D eigenvalue weighted by Crippen LogP contribution is 2.18. The molecule has 2 unspecified atom stereocenters. The summed E-state index contributed by atoms with van der Waals surface area (Å²) in [5.74, 6) is -1.89. The summed E-state index contributed by atoms with van der Waals surface area (Å²) in [5, 5.41) is 0. The molecule has 1 heterocycles. The largest absolute Gasteiger partial charge is 0.462 e. The van der Waals surface area contributed by atoms with Gasteiger partial charge in [0.1, 0.15) is 6.61 Å². The first-order valence-electron chi connectivity index (χ1n) is 5.20. The Balaban J connectivity index is 2.27. The second-order valence-corrected chi connectivity index (χ2v) is 3.64. The van der Waals surface area contributed by atoms with Crippen molar-refractivity contribution in [2.24, 2.45) is 5.92 Å². The average Bonchev–Trinajstić information content (AvgIpc) is 2.60. The molecule has 1 saturated heterocycles. The summed E-state index contributed by atoms with van der Waals surface area (Å²) in [6.07, 6.45) is 0.0512. The minimum atomic E-state index is -0.849. The molecule has 2 atom stereocenters. The van der Waals surface area contributed by atoms with Gasteiger partial charge in [0.25, 0.3) is 0 Å². The Bertz CT molecular complexity index is 335. The topological polar surface area (TPSA) is 78.9 Å². The first-order chi connectivity index (χ1) is 8.04. The van der Waals surface area contributed by atoms with Crippen molar-refractivity contribution < 1.29 is 28.6 Å². The van der Waals surface area contributed by atoms with Gasteiger partial charge in [-0.05, 0) is 0 Å². The third-order valence-electron chi connectivity index (χ3n) is 2.21. The van der Waals surface area contributed by atoms with Crippen LogP contribution in [0.5, 0.6) is 0 Å². The van der Waals surface area contributed by atoms with Crippen LogP contribution in [0, 0.1) is 5.92 Å². The number of hydrogen-bond donors (Lipinski definition) is 0. The molecular weight excluding hydrogens is 228 g/mol. The summed E-state index contributed by atoms with van der Waals surface area (Å²) in [4.78, 5) is 33.1. The lowest BCUT2D eigenvalue weighted by molar-refractivity contribution is -0.162. The quantitative estimate of drug-likeness (QED) is 0.389. The third kappa shape index (κ3) is 3.90. The van der Waals surface area contributed by atoms with Crippen molar-refractivity contribution in [1.82, 2.24) is 0 Å². The molecule has 1 fully saturated rings. The van der Waals surface area contributed by atoms with Gasteiger partial charge in [0.15, 0.2) is 0 Å². The highest BCUT2D eigenvalue weighted by Gasteiger charge is 2.36. The van der Waals surface area contributed by atoms with E-state index in [2.05, 4.69) is 11.3 Å². The zero-order valence-electron chi connectivity index (χ0n) is 9.51. The maximum absolute atomic E-state index is 11.3. The van der Waals surface area contributed by atoms with Crippen LogP contribution >= 0.6 is 0 Å². The SMILES string of the molecule is C=CC(=O)OCCC(=O)OC1C(=O)OCC1C. The van der Waals surface area contributed by atoms with Gasteiger partial charge in [-0.25, -0.2) is 9.59 Å². The van der Waals surface area contributed by atoms with Crippen molar-refractivity contribution in [3.8, 4) is 0 Å². The Morgan fingerprint density at radius 2 is 2.29 bits per heavy atom. The normalized spacial score (nSPS) is 22.8. The van der Waals surface area contributed by atoms with E-state index < -0.39 is 24.0 Å². The van der Waals surface area contributed by atoms with Crippen LogP contribution in [0.1, 0.15) is 13.3 Å². The molecular formula is C11H14O6. The van der Waals surface area contributed by atoms with Gasteiger partial charge in [-0.2, -0.15) is 0 Å². The maximum Gasteiger partial charge on any atom is 0.347 e. The van der Waals surface area contributed by atoms with Crippen molar-refractivity contribution >= 4 is 17.9 Å². The van der Waals surface area contributed by atoms with E-state index in [1.165, 1.54) is 0 Å². The Morgan fingerprint density at radius 3 is 2.82 bits per heavy atom. The number of rotatable bonds is 5. The van der Waals surface area contributed by atoms with E-state index in [1.807, 2.05) is 0 Å². The fourth-order valence-electron chi connectivity index (χ4n) is 1.27. The van der Waals surface area contributed by atoms with E-state index >= 15 is 0 Å². The van der Waals surface area contributed by atoms with Crippen LogP contribution in [0.2, 0.25) is 0 Å². The number of carbonyl (C=O) groups excluding carboxylic acids is 3. The van der Waals surface area contributed by atoms with Gasteiger partial charge in [-0.15, -0.1) is 0 Å². The molecule has 17 heavy (non-hydrogen) atoms. The molecule has 1 rings (SSSR count). The zero-order chi connectivity index (χ0) is 12.8. The molecule has 6 heteroatoms. The lowest BCUT2D eigenvalue weighted by Crippen LogP contribution is -2.28. The first-order valence-corrected chi connectivity index (χ1v) is 5.20. The van der Waals surface area contributed by atoms with Crippen LogP contribution in [0.15, 0.2) is 12.7 Å². The van der Waals surface area contributed by atoms with E-state index in [4.69, 9.17) is 9.47 Å². The number of esters is 3. The number of hydrogen-bond acceptors (Lipinski definition) is 6. The van der Waals surface area contributed by atoms with E-state index in [-0.39, 0.29) is 25.6 Å². The molecule has 0 amide bonds. The summed E-state index contributed by atoms with van der Waals surface area (Å²) in [5.41, 5.74) is 0. The van der Waals surface area contributed by atoms with E-state index in [1.54, 1.807) is 6.92 Å². The number of ether oxygens (including phenoxy) is 3. The predicted molar refractivity (Wildman–Crippen MR) is 55.8 cm³/mol. The molecule has 0 N–H and O–H groups in total. The monoisotopic (exact) mass is 242 g/mol. The van der Waals surface area contributed by atoms with Crippen LogP contribution < -0.4 is 0 Å². The summed E-state index contributed by atoms with van der Waals surface area (Å²) in [6, 6.07) is 0. The molecule has 94 valence electrons. The van der Waals surface area contributed by atoms with E-state index in [0.29, 0.717) is 0 Å². The molecule has 0 aliphatic carbocycles. The molecule has 1 aliphatic heterocycles. The van der Waals surface area contributed by atoms with E-state index in [0.717, 1.165) is 6.08 Å². The van der Waals surface area contributed by atoms with Gasteiger partial charge in [-0.1, -0.05) is 13.5 Å². The Hall–Kier alpha value is -1.85. The van der Waals surface area contributed by atoms with Crippen LogP contribution in [0.4, 0.5) is 0 Å².